The van der Waals surface area contributed by atoms with Crippen LogP contribution in [0, 0.1) is 5.92 Å². The van der Waals surface area contributed by atoms with E-state index in [1.54, 1.807) is 7.11 Å². The molecule has 4 nitrogen and oxygen atoms in total. The molecular formula is C16H24N2O2. The van der Waals surface area contributed by atoms with Crippen LogP contribution in [0.2, 0.25) is 0 Å². The number of hydrogen-bond donors (Lipinski definition) is 2. The average molecular weight is 276 g/mol. The Kier molecular flexibility index (Phi) is 5.41. The van der Waals surface area contributed by atoms with Crippen molar-refractivity contribution in [3.05, 3.63) is 29.8 Å². The topological polar surface area (TPSA) is 50.4 Å². The summed E-state index contributed by atoms with van der Waals surface area (Å²) in [5, 5.41) is 6.46. The second-order valence-electron chi connectivity index (χ2n) is 5.61. The Hall–Kier alpha value is -1.55. The molecule has 0 radical (unpaired) electrons. The summed E-state index contributed by atoms with van der Waals surface area (Å²) < 4.78 is 5.12. The lowest BCUT2D eigenvalue weighted by molar-refractivity contribution is -0.121. The van der Waals surface area contributed by atoms with E-state index in [0.29, 0.717) is 12.3 Å². The number of amides is 1. The van der Waals surface area contributed by atoms with Crippen LogP contribution in [-0.2, 0) is 11.2 Å². The first-order valence-corrected chi connectivity index (χ1v) is 7.30. The number of aryl methyl sites for hydroxylation is 1. The predicted octanol–water partition coefficient (Wildman–Crippen LogP) is 1.74. The molecule has 0 saturated carbocycles. The van der Waals surface area contributed by atoms with Crippen molar-refractivity contribution in [3.63, 3.8) is 0 Å². The van der Waals surface area contributed by atoms with Crippen LogP contribution >= 0.6 is 0 Å². The van der Waals surface area contributed by atoms with Crippen molar-refractivity contribution in [1.29, 1.82) is 0 Å². The molecule has 1 aromatic carbocycles. The van der Waals surface area contributed by atoms with Gasteiger partial charge in [-0.3, -0.25) is 4.79 Å². The quantitative estimate of drug-likeness (QED) is 0.861. The van der Waals surface area contributed by atoms with Crippen LogP contribution in [0.3, 0.4) is 0 Å². The molecule has 2 unspecified atom stereocenters. The number of nitrogens with one attached hydrogen (secondary N) is 2. The molecule has 1 aromatic rings. The van der Waals surface area contributed by atoms with Gasteiger partial charge < -0.3 is 15.4 Å². The molecule has 2 atom stereocenters. The molecule has 1 amide bonds. The molecule has 1 saturated heterocycles. The van der Waals surface area contributed by atoms with Crippen LogP contribution in [-0.4, -0.2) is 32.1 Å². The molecule has 110 valence electrons. The molecule has 2 N–H and O–H groups in total. The number of carbonyl (C=O) groups excluding carboxylic acids is 1. The molecule has 2 rings (SSSR count). The first-order valence-electron chi connectivity index (χ1n) is 7.30. The maximum atomic E-state index is 12.0. The lowest BCUT2D eigenvalue weighted by Crippen LogP contribution is -2.48. The standard InChI is InChI=1S/C16H24N2O2/c1-12-9-14(11-17-10-12)18-16(19)8-5-13-3-6-15(20-2)7-4-13/h3-4,6-7,12,14,17H,5,8-11H2,1-2H3,(H,18,19). The van der Waals surface area contributed by atoms with Gasteiger partial charge in [0.15, 0.2) is 0 Å². The molecule has 0 bridgehead atoms. The van der Waals surface area contributed by atoms with Gasteiger partial charge in [-0.15, -0.1) is 0 Å². The molecule has 1 aliphatic heterocycles. The van der Waals surface area contributed by atoms with Crippen LogP contribution in [0.4, 0.5) is 0 Å². The lowest BCUT2D eigenvalue weighted by atomic mass is 9.97. The van der Waals surface area contributed by atoms with Crippen molar-refractivity contribution >= 4 is 5.91 Å². The third-order valence-electron chi connectivity index (χ3n) is 3.74. The molecule has 1 aliphatic rings. The molecule has 0 aromatic heterocycles. The van der Waals surface area contributed by atoms with Gasteiger partial charge in [-0.1, -0.05) is 19.1 Å². The van der Waals surface area contributed by atoms with E-state index < -0.39 is 0 Å². The summed E-state index contributed by atoms with van der Waals surface area (Å²) in [4.78, 5) is 12.0. The number of carbonyl (C=O) groups is 1. The highest BCUT2D eigenvalue weighted by molar-refractivity contribution is 5.76. The van der Waals surface area contributed by atoms with Crippen molar-refractivity contribution in [3.8, 4) is 5.75 Å². The zero-order valence-electron chi connectivity index (χ0n) is 12.3. The van der Waals surface area contributed by atoms with Crippen LogP contribution < -0.4 is 15.4 Å². The van der Waals surface area contributed by atoms with Crippen LogP contribution in [0.15, 0.2) is 24.3 Å². The van der Waals surface area contributed by atoms with Crippen LogP contribution in [0.1, 0.15) is 25.3 Å². The Morgan fingerprint density at radius 2 is 2.10 bits per heavy atom. The van der Waals surface area contributed by atoms with Gasteiger partial charge in [0.2, 0.25) is 5.91 Å². The first kappa shape index (κ1) is 14.9. The fourth-order valence-electron chi connectivity index (χ4n) is 2.62. The van der Waals surface area contributed by atoms with E-state index in [1.807, 2.05) is 24.3 Å². The number of benzene rings is 1. The zero-order chi connectivity index (χ0) is 14.4. The van der Waals surface area contributed by atoms with E-state index in [4.69, 9.17) is 4.74 Å². The summed E-state index contributed by atoms with van der Waals surface area (Å²) in [6.45, 7) is 4.15. The Morgan fingerprint density at radius 3 is 2.75 bits per heavy atom. The second-order valence-corrected chi connectivity index (χ2v) is 5.61. The first-order chi connectivity index (χ1) is 9.67. The van der Waals surface area contributed by atoms with Gasteiger partial charge in [-0.2, -0.15) is 0 Å². The number of ether oxygens (including phenoxy) is 1. The summed E-state index contributed by atoms with van der Waals surface area (Å²) >= 11 is 0. The maximum Gasteiger partial charge on any atom is 0.220 e. The minimum absolute atomic E-state index is 0.140. The van der Waals surface area contributed by atoms with Crippen molar-refractivity contribution in [2.75, 3.05) is 20.2 Å². The van der Waals surface area contributed by atoms with E-state index in [1.165, 1.54) is 0 Å². The van der Waals surface area contributed by atoms with E-state index in [2.05, 4.69) is 17.6 Å². The predicted molar refractivity (Wildman–Crippen MR) is 79.9 cm³/mol. The zero-order valence-corrected chi connectivity index (χ0v) is 12.3. The van der Waals surface area contributed by atoms with E-state index in [9.17, 15) is 4.79 Å². The molecule has 0 aliphatic carbocycles. The lowest BCUT2D eigenvalue weighted by Gasteiger charge is -2.28. The van der Waals surface area contributed by atoms with Crippen molar-refractivity contribution in [2.45, 2.75) is 32.2 Å². The number of hydrogen-bond acceptors (Lipinski definition) is 3. The van der Waals surface area contributed by atoms with Crippen molar-refractivity contribution < 1.29 is 9.53 Å². The van der Waals surface area contributed by atoms with Gasteiger partial charge >= 0.3 is 0 Å². The minimum atomic E-state index is 0.140. The summed E-state index contributed by atoms with van der Waals surface area (Å²) in [6.07, 6.45) is 2.38. The Balaban J connectivity index is 1.73. The van der Waals surface area contributed by atoms with Gasteiger partial charge in [-0.25, -0.2) is 0 Å². The molecular weight excluding hydrogens is 252 g/mol. The monoisotopic (exact) mass is 276 g/mol. The summed E-state index contributed by atoms with van der Waals surface area (Å²) in [5.74, 6) is 1.62. The van der Waals surface area contributed by atoms with Crippen molar-refractivity contribution in [2.24, 2.45) is 5.92 Å². The largest absolute Gasteiger partial charge is 0.497 e. The fraction of sp³-hybridized carbons (Fsp3) is 0.562. The van der Waals surface area contributed by atoms with Gasteiger partial charge in [0.05, 0.1) is 7.11 Å². The highest BCUT2D eigenvalue weighted by Crippen LogP contribution is 2.13. The SMILES string of the molecule is COc1ccc(CCC(=O)NC2CNCC(C)C2)cc1. The highest BCUT2D eigenvalue weighted by atomic mass is 16.5. The minimum Gasteiger partial charge on any atom is -0.497 e. The normalized spacial score (nSPS) is 22.3. The van der Waals surface area contributed by atoms with E-state index >= 15 is 0 Å². The molecule has 4 heteroatoms. The molecule has 0 spiro atoms. The number of rotatable bonds is 5. The van der Waals surface area contributed by atoms with Gasteiger partial charge in [-0.05, 0) is 43.0 Å². The van der Waals surface area contributed by atoms with E-state index in [-0.39, 0.29) is 11.9 Å². The van der Waals surface area contributed by atoms with Gasteiger partial charge in [0, 0.05) is 19.0 Å². The maximum absolute atomic E-state index is 12.0. The van der Waals surface area contributed by atoms with Crippen molar-refractivity contribution in [1.82, 2.24) is 10.6 Å². The smallest absolute Gasteiger partial charge is 0.220 e. The second kappa shape index (κ2) is 7.29. The number of methoxy groups -OCH3 is 1. The van der Waals surface area contributed by atoms with Gasteiger partial charge in [0.25, 0.3) is 0 Å². The summed E-state index contributed by atoms with van der Waals surface area (Å²) in [6, 6.07) is 8.16. The fourth-order valence-corrected chi connectivity index (χ4v) is 2.62. The van der Waals surface area contributed by atoms with Crippen LogP contribution in [0.5, 0.6) is 5.75 Å². The third-order valence-corrected chi connectivity index (χ3v) is 3.74. The Morgan fingerprint density at radius 1 is 1.35 bits per heavy atom. The van der Waals surface area contributed by atoms with Crippen LogP contribution in [0.25, 0.3) is 0 Å². The average Bonchev–Trinajstić information content (AvgIpc) is 2.46. The Bertz CT molecular complexity index is 431. The van der Waals surface area contributed by atoms with E-state index in [0.717, 1.165) is 37.2 Å². The summed E-state index contributed by atoms with van der Waals surface area (Å²) in [5.41, 5.74) is 1.16. The molecule has 20 heavy (non-hydrogen) atoms. The molecule has 1 fully saturated rings. The highest BCUT2D eigenvalue weighted by Gasteiger charge is 2.19. The van der Waals surface area contributed by atoms with Gasteiger partial charge in [0.1, 0.15) is 5.75 Å². The number of piperidine rings is 1. The molecule has 1 heterocycles. The Labute approximate surface area is 120 Å². The third kappa shape index (κ3) is 4.53. The summed E-state index contributed by atoms with van der Waals surface area (Å²) in [7, 11) is 1.65.